The summed E-state index contributed by atoms with van der Waals surface area (Å²) in [5.74, 6) is -0.493. The molecule has 0 bridgehead atoms. The fourth-order valence-electron chi connectivity index (χ4n) is 2.45. The van der Waals surface area contributed by atoms with Gasteiger partial charge in [0.2, 0.25) is 0 Å². The summed E-state index contributed by atoms with van der Waals surface area (Å²) in [4.78, 5) is 24.2. The van der Waals surface area contributed by atoms with Gasteiger partial charge in [-0.2, -0.15) is 10.2 Å². The van der Waals surface area contributed by atoms with Gasteiger partial charge >= 0.3 is 0 Å². The van der Waals surface area contributed by atoms with Crippen LogP contribution in [-0.2, 0) is 0 Å². The number of hydrogen-bond acceptors (Lipinski definition) is 4. The van der Waals surface area contributed by atoms with Crippen LogP contribution in [0.2, 0.25) is 5.02 Å². The number of nitrogens with zero attached hydrogens (tertiary/aromatic N) is 2. The summed E-state index contributed by atoms with van der Waals surface area (Å²) in [6.07, 6.45) is 0.627. The molecule has 0 unspecified atom stereocenters. The molecule has 1 amide bonds. The Hall–Kier alpha value is -2.99. The first-order valence-corrected chi connectivity index (χ1v) is 8.08. The molecule has 0 atom stereocenters. The maximum atomic E-state index is 12.5. The number of carbonyl (C=O) groups is 1. The van der Waals surface area contributed by atoms with Gasteiger partial charge in [0.1, 0.15) is 0 Å². The predicted octanol–water partition coefficient (Wildman–Crippen LogP) is 3.12. The molecule has 7 heteroatoms. The highest BCUT2D eigenvalue weighted by Crippen LogP contribution is 2.13. The first-order chi connectivity index (χ1) is 12.1. The van der Waals surface area contributed by atoms with Crippen LogP contribution in [0.3, 0.4) is 0 Å². The molecule has 6 nitrogen and oxygen atoms in total. The lowest BCUT2D eigenvalue weighted by atomic mass is 10.1. The molecule has 0 aliphatic rings. The van der Waals surface area contributed by atoms with Gasteiger partial charge < -0.3 is 0 Å². The highest BCUT2D eigenvalue weighted by atomic mass is 35.5. The van der Waals surface area contributed by atoms with E-state index in [1.165, 1.54) is 0 Å². The Balaban J connectivity index is 1.90. The van der Waals surface area contributed by atoms with Crippen molar-refractivity contribution in [2.45, 2.75) is 13.3 Å². The van der Waals surface area contributed by atoms with E-state index < -0.39 is 5.91 Å². The first-order valence-electron chi connectivity index (χ1n) is 7.70. The number of H-pyrrole nitrogens is 1. The van der Waals surface area contributed by atoms with Crippen molar-refractivity contribution >= 4 is 34.0 Å². The third-order valence-corrected chi connectivity index (χ3v) is 3.97. The number of benzene rings is 2. The molecular weight excluding hydrogens is 340 g/mol. The average molecular weight is 355 g/mol. The van der Waals surface area contributed by atoms with Crippen molar-refractivity contribution < 1.29 is 4.79 Å². The second-order valence-corrected chi connectivity index (χ2v) is 5.74. The second kappa shape index (κ2) is 7.27. The molecule has 3 aromatic rings. The second-order valence-electron chi connectivity index (χ2n) is 5.31. The van der Waals surface area contributed by atoms with Crippen molar-refractivity contribution in [1.29, 1.82) is 0 Å². The van der Waals surface area contributed by atoms with E-state index in [9.17, 15) is 9.59 Å². The van der Waals surface area contributed by atoms with E-state index in [1.807, 2.05) is 19.1 Å². The first kappa shape index (κ1) is 16.9. The molecule has 3 rings (SSSR count). The molecular formula is C18H15ClN4O2. The fraction of sp³-hybridized carbons (Fsp3) is 0.111. The Kier molecular flexibility index (Phi) is 4.90. The van der Waals surface area contributed by atoms with E-state index in [1.54, 1.807) is 36.4 Å². The Bertz CT molecular complexity index is 1010. The molecule has 0 fully saturated rings. The Labute approximate surface area is 148 Å². The number of rotatable bonds is 4. The monoisotopic (exact) mass is 354 g/mol. The van der Waals surface area contributed by atoms with Crippen LogP contribution < -0.4 is 11.0 Å². The summed E-state index contributed by atoms with van der Waals surface area (Å²) < 4.78 is 0. The Morgan fingerprint density at radius 2 is 1.84 bits per heavy atom. The number of aromatic nitrogens is 2. The minimum Gasteiger partial charge on any atom is -0.267 e. The Morgan fingerprint density at radius 1 is 1.16 bits per heavy atom. The number of fused-ring (bicyclic) bond motifs is 1. The van der Waals surface area contributed by atoms with Crippen LogP contribution in [0, 0.1) is 0 Å². The van der Waals surface area contributed by atoms with Gasteiger partial charge in [0, 0.05) is 10.4 Å². The molecule has 0 aliphatic carbocycles. The molecule has 0 saturated carbocycles. The Morgan fingerprint density at radius 3 is 2.52 bits per heavy atom. The van der Waals surface area contributed by atoms with Gasteiger partial charge in [-0.15, -0.1) is 0 Å². The van der Waals surface area contributed by atoms with Gasteiger partial charge in [0.15, 0.2) is 5.69 Å². The van der Waals surface area contributed by atoms with Gasteiger partial charge in [0.25, 0.3) is 11.5 Å². The standard InChI is InChI=1S/C18H15ClN4O2/c1-2-15(11-7-9-12(19)10-8-11)20-23-18(25)16-13-5-3-4-6-14(13)17(24)22-21-16/h3-10H,2H2,1H3,(H,22,24)(H,23,25)/b20-15-. The number of nitrogens with one attached hydrogen (secondary N) is 2. The molecule has 25 heavy (non-hydrogen) atoms. The maximum Gasteiger partial charge on any atom is 0.292 e. The van der Waals surface area contributed by atoms with Gasteiger partial charge in [0.05, 0.1) is 11.1 Å². The molecule has 1 heterocycles. The van der Waals surface area contributed by atoms with Crippen molar-refractivity contribution in [2.75, 3.05) is 0 Å². The molecule has 2 aromatic carbocycles. The van der Waals surface area contributed by atoms with Gasteiger partial charge in [-0.1, -0.05) is 48.9 Å². The normalized spacial score (nSPS) is 11.5. The van der Waals surface area contributed by atoms with Crippen LogP contribution in [0.15, 0.2) is 58.4 Å². The lowest BCUT2D eigenvalue weighted by Crippen LogP contribution is -2.24. The van der Waals surface area contributed by atoms with E-state index in [2.05, 4.69) is 20.7 Å². The van der Waals surface area contributed by atoms with Crippen LogP contribution in [0.1, 0.15) is 29.4 Å². The third kappa shape index (κ3) is 3.59. The average Bonchev–Trinajstić information content (AvgIpc) is 2.64. The molecule has 0 aliphatic heterocycles. The number of halogens is 1. The highest BCUT2D eigenvalue weighted by Gasteiger charge is 2.13. The van der Waals surface area contributed by atoms with Crippen LogP contribution in [-0.4, -0.2) is 21.8 Å². The van der Waals surface area contributed by atoms with Crippen molar-refractivity contribution in [2.24, 2.45) is 5.10 Å². The largest absolute Gasteiger partial charge is 0.292 e. The van der Waals surface area contributed by atoms with Crippen molar-refractivity contribution in [3.63, 3.8) is 0 Å². The molecule has 2 N–H and O–H groups in total. The van der Waals surface area contributed by atoms with Gasteiger partial charge in [-0.25, -0.2) is 10.5 Å². The minimum absolute atomic E-state index is 0.116. The fourth-order valence-corrected chi connectivity index (χ4v) is 2.58. The molecule has 0 saturated heterocycles. The maximum absolute atomic E-state index is 12.5. The van der Waals surface area contributed by atoms with E-state index in [4.69, 9.17) is 11.6 Å². The molecule has 1 aromatic heterocycles. The van der Waals surface area contributed by atoms with E-state index >= 15 is 0 Å². The van der Waals surface area contributed by atoms with E-state index in [0.29, 0.717) is 27.9 Å². The molecule has 126 valence electrons. The number of amides is 1. The van der Waals surface area contributed by atoms with E-state index in [-0.39, 0.29) is 11.3 Å². The van der Waals surface area contributed by atoms with Crippen LogP contribution >= 0.6 is 11.6 Å². The lowest BCUT2D eigenvalue weighted by Gasteiger charge is -2.06. The van der Waals surface area contributed by atoms with Crippen LogP contribution in [0.25, 0.3) is 10.8 Å². The summed E-state index contributed by atoms with van der Waals surface area (Å²) in [7, 11) is 0. The van der Waals surface area contributed by atoms with Crippen molar-refractivity contribution in [3.8, 4) is 0 Å². The number of hydrogen-bond donors (Lipinski definition) is 2. The smallest absolute Gasteiger partial charge is 0.267 e. The summed E-state index contributed by atoms with van der Waals surface area (Å²) >= 11 is 5.89. The topological polar surface area (TPSA) is 87.2 Å². The quantitative estimate of drug-likeness (QED) is 0.557. The lowest BCUT2D eigenvalue weighted by molar-refractivity contribution is 0.0950. The number of aromatic amines is 1. The minimum atomic E-state index is -0.493. The summed E-state index contributed by atoms with van der Waals surface area (Å²) in [5.41, 5.74) is 3.86. The highest BCUT2D eigenvalue weighted by molar-refractivity contribution is 6.30. The summed E-state index contributed by atoms with van der Waals surface area (Å²) in [6.45, 7) is 1.94. The van der Waals surface area contributed by atoms with Gasteiger partial charge in [-0.3, -0.25) is 9.59 Å². The van der Waals surface area contributed by atoms with Crippen LogP contribution in [0.4, 0.5) is 0 Å². The predicted molar refractivity (Wildman–Crippen MR) is 98.1 cm³/mol. The molecule has 0 radical (unpaired) electrons. The summed E-state index contributed by atoms with van der Waals surface area (Å²) in [6, 6.07) is 14.0. The number of carbonyl (C=O) groups excluding carboxylic acids is 1. The zero-order valence-corrected chi connectivity index (χ0v) is 14.2. The van der Waals surface area contributed by atoms with Crippen LogP contribution in [0.5, 0.6) is 0 Å². The zero-order valence-electron chi connectivity index (χ0n) is 13.4. The van der Waals surface area contributed by atoms with Crippen molar-refractivity contribution in [1.82, 2.24) is 15.6 Å². The van der Waals surface area contributed by atoms with Gasteiger partial charge in [-0.05, 0) is 30.2 Å². The van der Waals surface area contributed by atoms with E-state index in [0.717, 1.165) is 5.56 Å². The SMILES string of the molecule is CC/C(=N/NC(=O)c1n[nH]c(=O)c2ccccc12)c1ccc(Cl)cc1. The van der Waals surface area contributed by atoms with Crippen molar-refractivity contribution in [3.05, 3.63) is 75.2 Å². The zero-order chi connectivity index (χ0) is 17.8. The summed E-state index contributed by atoms with van der Waals surface area (Å²) in [5, 5.41) is 11.9. The molecule has 0 spiro atoms. The number of hydrazone groups is 1. The third-order valence-electron chi connectivity index (χ3n) is 3.72.